The molecule has 0 aliphatic heterocycles. The van der Waals surface area contributed by atoms with Crippen LogP contribution in [0.2, 0.25) is 0 Å². The number of amides is 2. The summed E-state index contributed by atoms with van der Waals surface area (Å²) >= 11 is 0. The van der Waals surface area contributed by atoms with Crippen LogP contribution in [0.3, 0.4) is 0 Å². The Kier molecular flexibility index (Phi) is 9.47. The number of hydrogen-bond donors (Lipinski definition) is 1. The lowest BCUT2D eigenvalue weighted by Gasteiger charge is -2.32. The standard InChI is InChI=1S/C31H37N3O5S/c1-23-11-7-8-12-25(23)21-33(24(2)31(36)32-26-13-9-10-14-26)30(35)22-34(27-15-5-4-6-16-27)40(37,38)29-19-17-28(39-3)18-20-29/h4-8,11-12,15-20,24,26H,9-10,13-14,21-22H2,1-3H3,(H,32,36)/t24-/m0/s1. The van der Waals surface area contributed by atoms with Gasteiger partial charge in [-0.1, -0.05) is 55.3 Å². The molecular formula is C31H37N3O5S. The van der Waals surface area contributed by atoms with Crippen molar-refractivity contribution in [3.05, 3.63) is 90.0 Å². The summed E-state index contributed by atoms with van der Waals surface area (Å²) in [5.41, 5.74) is 2.22. The highest BCUT2D eigenvalue weighted by Crippen LogP contribution is 2.26. The predicted molar refractivity (Wildman–Crippen MR) is 156 cm³/mol. The van der Waals surface area contributed by atoms with Crippen LogP contribution in [0.1, 0.15) is 43.7 Å². The number of ether oxygens (including phenoxy) is 1. The Balaban J connectivity index is 1.67. The molecule has 3 aromatic carbocycles. The van der Waals surface area contributed by atoms with Crippen LogP contribution in [-0.4, -0.2) is 50.9 Å². The molecule has 212 valence electrons. The molecule has 0 radical (unpaired) electrons. The zero-order chi connectivity index (χ0) is 28.7. The molecule has 0 unspecified atom stereocenters. The molecule has 0 spiro atoms. The van der Waals surface area contributed by atoms with E-state index in [0.29, 0.717) is 11.4 Å². The highest BCUT2D eigenvalue weighted by molar-refractivity contribution is 7.92. The van der Waals surface area contributed by atoms with Gasteiger partial charge in [0.25, 0.3) is 10.0 Å². The average Bonchev–Trinajstić information content (AvgIpc) is 3.48. The second-order valence-electron chi connectivity index (χ2n) is 10.1. The number of aryl methyl sites for hydroxylation is 1. The Bertz CT molecular complexity index is 1400. The average molecular weight is 564 g/mol. The van der Waals surface area contributed by atoms with Crippen LogP contribution in [0, 0.1) is 6.92 Å². The Labute approximate surface area is 237 Å². The number of nitrogens with one attached hydrogen (secondary N) is 1. The summed E-state index contributed by atoms with van der Waals surface area (Å²) in [6.07, 6.45) is 3.99. The largest absolute Gasteiger partial charge is 0.497 e. The number of carbonyl (C=O) groups is 2. The fourth-order valence-electron chi connectivity index (χ4n) is 4.94. The van der Waals surface area contributed by atoms with Crippen molar-refractivity contribution in [3.8, 4) is 5.75 Å². The summed E-state index contributed by atoms with van der Waals surface area (Å²) in [7, 11) is -2.62. The Morgan fingerprint density at radius 3 is 2.20 bits per heavy atom. The Hall–Kier alpha value is -3.85. The fraction of sp³-hybridized carbons (Fsp3) is 0.355. The van der Waals surface area contributed by atoms with E-state index in [1.165, 1.54) is 24.1 Å². The molecule has 1 fully saturated rings. The third-order valence-corrected chi connectivity index (χ3v) is 9.23. The lowest BCUT2D eigenvalue weighted by molar-refractivity contribution is -0.139. The first kappa shape index (κ1) is 29.1. The monoisotopic (exact) mass is 563 g/mol. The quantitative estimate of drug-likeness (QED) is 0.366. The van der Waals surface area contributed by atoms with E-state index in [4.69, 9.17) is 4.74 Å². The molecule has 2 amide bonds. The van der Waals surface area contributed by atoms with Crippen LogP contribution in [0.4, 0.5) is 5.69 Å². The van der Waals surface area contributed by atoms with Crippen LogP contribution in [0.25, 0.3) is 0 Å². The van der Waals surface area contributed by atoms with Crippen molar-refractivity contribution in [1.82, 2.24) is 10.2 Å². The van der Waals surface area contributed by atoms with Gasteiger partial charge in [-0.15, -0.1) is 0 Å². The SMILES string of the molecule is COc1ccc(S(=O)(=O)N(CC(=O)N(Cc2ccccc2C)[C@@H](C)C(=O)NC2CCCC2)c2ccccc2)cc1. The van der Waals surface area contributed by atoms with Gasteiger partial charge in [0.05, 0.1) is 17.7 Å². The van der Waals surface area contributed by atoms with Crippen LogP contribution in [0.5, 0.6) is 5.75 Å². The van der Waals surface area contributed by atoms with Crippen LogP contribution in [-0.2, 0) is 26.2 Å². The van der Waals surface area contributed by atoms with Gasteiger partial charge in [-0.3, -0.25) is 13.9 Å². The van der Waals surface area contributed by atoms with E-state index in [1.54, 1.807) is 49.4 Å². The molecule has 3 aromatic rings. The molecular weight excluding hydrogens is 526 g/mol. The smallest absolute Gasteiger partial charge is 0.264 e. The molecule has 8 nitrogen and oxygen atoms in total. The van der Waals surface area contributed by atoms with Crippen LogP contribution < -0.4 is 14.4 Å². The summed E-state index contributed by atoms with van der Waals surface area (Å²) in [5.74, 6) is -0.191. The van der Waals surface area contributed by atoms with E-state index in [0.717, 1.165) is 41.1 Å². The minimum Gasteiger partial charge on any atom is -0.497 e. The van der Waals surface area contributed by atoms with Crippen molar-refractivity contribution in [2.75, 3.05) is 18.0 Å². The van der Waals surface area contributed by atoms with Crippen molar-refractivity contribution in [1.29, 1.82) is 0 Å². The number of carbonyl (C=O) groups excluding carboxylic acids is 2. The third kappa shape index (κ3) is 6.83. The van der Waals surface area contributed by atoms with Gasteiger partial charge in [-0.05, 0) is 74.2 Å². The maximum Gasteiger partial charge on any atom is 0.264 e. The number of nitrogens with zero attached hydrogens (tertiary/aromatic N) is 2. The normalized spacial score (nSPS) is 14.4. The molecule has 1 N–H and O–H groups in total. The van der Waals surface area contributed by atoms with E-state index >= 15 is 0 Å². The van der Waals surface area contributed by atoms with Crippen molar-refractivity contribution in [2.45, 2.75) is 63.1 Å². The molecule has 1 saturated carbocycles. The second kappa shape index (κ2) is 13.0. The molecule has 40 heavy (non-hydrogen) atoms. The number of anilines is 1. The van der Waals surface area contributed by atoms with Gasteiger partial charge in [0.1, 0.15) is 18.3 Å². The minimum absolute atomic E-state index is 0.0300. The summed E-state index contributed by atoms with van der Waals surface area (Å²) < 4.78 is 34.0. The molecule has 0 saturated heterocycles. The van der Waals surface area contributed by atoms with Gasteiger partial charge >= 0.3 is 0 Å². The molecule has 1 aliphatic carbocycles. The van der Waals surface area contributed by atoms with Gasteiger partial charge in [0, 0.05) is 12.6 Å². The van der Waals surface area contributed by atoms with Gasteiger partial charge in [0.2, 0.25) is 11.8 Å². The lowest BCUT2D eigenvalue weighted by atomic mass is 10.1. The maximum absolute atomic E-state index is 14.0. The van der Waals surface area contributed by atoms with E-state index < -0.39 is 28.5 Å². The van der Waals surface area contributed by atoms with Crippen LogP contribution >= 0.6 is 0 Å². The molecule has 0 heterocycles. The van der Waals surface area contributed by atoms with Crippen molar-refractivity contribution in [3.63, 3.8) is 0 Å². The molecule has 9 heteroatoms. The van der Waals surface area contributed by atoms with Gasteiger partial charge in [0.15, 0.2) is 0 Å². The molecule has 0 bridgehead atoms. The molecule has 0 aromatic heterocycles. The number of benzene rings is 3. The minimum atomic E-state index is -4.12. The van der Waals surface area contributed by atoms with Crippen molar-refractivity contribution >= 4 is 27.5 Å². The summed E-state index contributed by atoms with van der Waals surface area (Å²) in [6, 6.07) is 21.5. The van der Waals surface area contributed by atoms with Gasteiger partial charge < -0.3 is 15.0 Å². The number of para-hydroxylation sites is 1. The summed E-state index contributed by atoms with van der Waals surface area (Å²) in [5, 5.41) is 3.09. The second-order valence-corrected chi connectivity index (χ2v) is 12.0. The molecule has 4 rings (SSSR count). The predicted octanol–water partition coefficient (Wildman–Crippen LogP) is 4.68. The first-order chi connectivity index (χ1) is 19.2. The topological polar surface area (TPSA) is 96.0 Å². The number of sulfonamides is 1. The third-order valence-electron chi connectivity index (χ3n) is 7.44. The zero-order valence-corrected chi connectivity index (χ0v) is 24.1. The van der Waals surface area contributed by atoms with E-state index in [9.17, 15) is 18.0 Å². The summed E-state index contributed by atoms with van der Waals surface area (Å²) in [4.78, 5) is 28.8. The van der Waals surface area contributed by atoms with Crippen molar-refractivity contribution in [2.24, 2.45) is 0 Å². The molecule has 1 atom stereocenters. The van der Waals surface area contributed by atoms with E-state index in [-0.39, 0.29) is 23.4 Å². The Morgan fingerprint density at radius 2 is 1.57 bits per heavy atom. The number of hydrogen-bond acceptors (Lipinski definition) is 5. The zero-order valence-electron chi connectivity index (χ0n) is 23.2. The highest BCUT2D eigenvalue weighted by Gasteiger charge is 2.33. The lowest BCUT2D eigenvalue weighted by Crippen LogP contribution is -2.52. The van der Waals surface area contributed by atoms with Crippen LogP contribution in [0.15, 0.2) is 83.8 Å². The molecule has 1 aliphatic rings. The fourth-order valence-corrected chi connectivity index (χ4v) is 6.36. The number of methoxy groups -OCH3 is 1. The van der Waals surface area contributed by atoms with E-state index in [1.807, 2.05) is 31.2 Å². The van der Waals surface area contributed by atoms with Crippen molar-refractivity contribution < 1.29 is 22.7 Å². The van der Waals surface area contributed by atoms with Gasteiger partial charge in [-0.25, -0.2) is 8.42 Å². The first-order valence-corrected chi connectivity index (χ1v) is 15.0. The summed E-state index contributed by atoms with van der Waals surface area (Å²) in [6.45, 7) is 3.36. The maximum atomic E-state index is 14.0. The number of rotatable bonds is 11. The highest BCUT2D eigenvalue weighted by atomic mass is 32.2. The van der Waals surface area contributed by atoms with E-state index in [2.05, 4.69) is 5.32 Å². The first-order valence-electron chi connectivity index (χ1n) is 13.6. The van der Waals surface area contributed by atoms with Gasteiger partial charge in [-0.2, -0.15) is 0 Å². The Morgan fingerprint density at radius 1 is 0.950 bits per heavy atom.